The summed E-state index contributed by atoms with van der Waals surface area (Å²) in [5.74, 6) is 0.0435. The summed E-state index contributed by atoms with van der Waals surface area (Å²) in [5, 5.41) is 14.1. The molecule has 1 aliphatic rings. The van der Waals surface area contributed by atoms with Crippen molar-refractivity contribution in [2.24, 2.45) is 0 Å². The molecular formula is C13H16N4O. The standard InChI is InChI=1S/C13H16N4O/c18-13(5-6-14-10-3-4-10)16-11-2-1-9-8-15-17-12(9)7-11/h1-2,7-8,10,14H,3-6H2,(H,15,17)(H,16,18). The van der Waals surface area contributed by atoms with Crippen molar-refractivity contribution in [2.45, 2.75) is 25.3 Å². The summed E-state index contributed by atoms with van der Waals surface area (Å²) < 4.78 is 0. The van der Waals surface area contributed by atoms with Crippen LogP contribution in [0.25, 0.3) is 10.9 Å². The van der Waals surface area contributed by atoms with Gasteiger partial charge in [-0.25, -0.2) is 0 Å². The number of amides is 1. The summed E-state index contributed by atoms with van der Waals surface area (Å²) in [5.41, 5.74) is 1.74. The molecule has 18 heavy (non-hydrogen) atoms. The lowest BCUT2D eigenvalue weighted by Crippen LogP contribution is -2.23. The van der Waals surface area contributed by atoms with Crippen LogP contribution in [-0.2, 0) is 4.79 Å². The van der Waals surface area contributed by atoms with E-state index >= 15 is 0 Å². The topological polar surface area (TPSA) is 69.8 Å². The van der Waals surface area contributed by atoms with Crippen LogP contribution in [0.5, 0.6) is 0 Å². The molecule has 2 aromatic rings. The van der Waals surface area contributed by atoms with Crippen molar-refractivity contribution < 1.29 is 4.79 Å². The van der Waals surface area contributed by atoms with Crippen LogP contribution in [0.15, 0.2) is 24.4 Å². The molecule has 1 saturated carbocycles. The monoisotopic (exact) mass is 244 g/mol. The average molecular weight is 244 g/mol. The van der Waals surface area contributed by atoms with Gasteiger partial charge in [-0.05, 0) is 31.0 Å². The Hall–Kier alpha value is -1.88. The van der Waals surface area contributed by atoms with Gasteiger partial charge in [-0.15, -0.1) is 0 Å². The maximum Gasteiger partial charge on any atom is 0.225 e. The number of rotatable bonds is 5. The van der Waals surface area contributed by atoms with E-state index in [1.807, 2.05) is 18.2 Å². The fraction of sp³-hybridized carbons (Fsp3) is 0.385. The molecule has 1 aromatic carbocycles. The van der Waals surface area contributed by atoms with E-state index in [0.717, 1.165) is 23.1 Å². The number of fused-ring (bicyclic) bond motifs is 1. The Morgan fingerprint density at radius 2 is 2.33 bits per heavy atom. The SMILES string of the molecule is O=C(CCNC1CC1)Nc1ccc2cn[nH]c2c1. The number of hydrogen-bond acceptors (Lipinski definition) is 3. The van der Waals surface area contributed by atoms with E-state index in [4.69, 9.17) is 0 Å². The van der Waals surface area contributed by atoms with Crippen molar-refractivity contribution in [3.63, 3.8) is 0 Å². The van der Waals surface area contributed by atoms with Crippen LogP contribution in [0.3, 0.4) is 0 Å². The molecule has 1 amide bonds. The predicted octanol–water partition coefficient (Wildman–Crippen LogP) is 1.64. The number of hydrogen-bond donors (Lipinski definition) is 3. The summed E-state index contributed by atoms with van der Waals surface area (Å²) in [6, 6.07) is 6.38. The second-order valence-electron chi connectivity index (χ2n) is 4.70. The highest BCUT2D eigenvalue weighted by molar-refractivity contribution is 5.93. The first-order chi connectivity index (χ1) is 8.81. The third-order valence-electron chi connectivity index (χ3n) is 3.09. The number of anilines is 1. The van der Waals surface area contributed by atoms with E-state index in [9.17, 15) is 4.79 Å². The van der Waals surface area contributed by atoms with Gasteiger partial charge in [0, 0.05) is 30.1 Å². The van der Waals surface area contributed by atoms with Crippen LogP contribution in [-0.4, -0.2) is 28.7 Å². The van der Waals surface area contributed by atoms with Gasteiger partial charge >= 0.3 is 0 Å². The lowest BCUT2D eigenvalue weighted by molar-refractivity contribution is -0.116. The minimum Gasteiger partial charge on any atom is -0.326 e. The van der Waals surface area contributed by atoms with Crippen LogP contribution in [0.1, 0.15) is 19.3 Å². The maximum atomic E-state index is 11.7. The Labute approximate surface area is 105 Å². The van der Waals surface area contributed by atoms with Crippen molar-refractivity contribution in [1.29, 1.82) is 0 Å². The molecular weight excluding hydrogens is 228 g/mol. The molecule has 5 nitrogen and oxygen atoms in total. The van der Waals surface area contributed by atoms with Crippen LogP contribution in [0.4, 0.5) is 5.69 Å². The van der Waals surface area contributed by atoms with Gasteiger partial charge in [0.05, 0.1) is 11.7 Å². The number of aromatic nitrogens is 2. The second-order valence-corrected chi connectivity index (χ2v) is 4.70. The Balaban J connectivity index is 1.55. The largest absolute Gasteiger partial charge is 0.326 e. The third kappa shape index (κ3) is 2.68. The van der Waals surface area contributed by atoms with Gasteiger partial charge in [0.15, 0.2) is 0 Å². The molecule has 3 rings (SSSR count). The Morgan fingerprint density at radius 3 is 3.17 bits per heavy atom. The Kier molecular flexibility index (Phi) is 2.98. The molecule has 1 heterocycles. The number of carbonyl (C=O) groups is 1. The Bertz CT molecular complexity index is 559. The van der Waals surface area contributed by atoms with E-state index < -0.39 is 0 Å². The first-order valence-corrected chi connectivity index (χ1v) is 6.27. The molecule has 1 fully saturated rings. The van der Waals surface area contributed by atoms with E-state index in [-0.39, 0.29) is 5.91 Å². The van der Waals surface area contributed by atoms with Gasteiger partial charge in [-0.3, -0.25) is 9.89 Å². The van der Waals surface area contributed by atoms with Gasteiger partial charge in [0.25, 0.3) is 0 Å². The zero-order valence-electron chi connectivity index (χ0n) is 10.1. The fourth-order valence-corrected chi connectivity index (χ4v) is 1.92. The second kappa shape index (κ2) is 4.78. The van der Waals surface area contributed by atoms with Crippen LogP contribution in [0, 0.1) is 0 Å². The number of H-pyrrole nitrogens is 1. The van der Waals surface area contributed by atoms with Crippen molar-refractivity contribution in [3.05, 3.63) is 24.4 Å². The number of carbonyl (C=O) groups excluding carboxylic acids is 1. The van der Waals surface area contributed by atoms with Crippen molar-refractivity contribution in [3.8, 4) is 0 Å². The summed E-state index contributed by atoms with van der Waals surface area (Å²) >= 11 is 0. The molecule has 0 saturated heterocycles. The minimum atomic E-state index is 0.0435. The lowest BCUT2D eigenvalue weighted by atomic mass is 10.2. The zero-order chi connectivity index (χ0) is 12.4. The highest BCUT2D eigenvalue weighted by Crippen LogP contribution is 2.18. The minimum absolute atomic E-state index is 0.0435. The summed E-state index contributed by atoms with van der Waals surface area (Å²) in [7, 11) is 0. The smallest absolute Gasteiger partial charge is 0.225 e. The third-order valence-corrected chi connectivity index (χ3v) is 3.09. The fourth-order valence-electron chi connectivity index (χ4n) is 1.92. The maximum absolute atomic E-state index is 11.7. The van der Waals surface area contributed by atoms with Crippen LogP contribution < -0.4 is 10.6 Å². The van der Waals surface area contributed by atoms with Gasteiger partial charge in [0.2, 0.25) is 5.91 Å². The Morgan fingerprint density at radius 1 is 1.44 bits per heavy atom. The van der Waals surface area contributed by atoms with Crippen molar-refractivity contribution in [2.75, 3.05) is 11.9 Å². The molecule has 0 spiro atoms. The molecule has 0 radical (unpaired) electrons. The van der Waals surface area contributed by atoms with Crippen molar-refractivity contribution in [1.82, 2.24) is 15.5 Å². The first kappa shape index (κ1) is 11.2. The molecule has 1 aromatic heterocycles. The average Bonchev–Trinajstić information content (AvgIpc) is 3.06. The number of nitrogens with zero attached hydrogens (tertiary/aromatic N) is 1. The first-order valence-electron chi connectivity index (χ1n) is 6.27. The van der Waals surface area contributed by atoms with Gasteiger partial charge in [-0.1, -0.05) is 0 Å². The van der Waals surface area contributed by atoms with E-state index in [0.29, 0.717) is 12.5 Å². The lowest BCUT2D eigenvalue weighted by Gasteiger charge is -2.05. The zero-order valence-corrected chi connectivity index (χ0v) is 10.1. The highest BCUT2D eigenvalue weighted by atomic mass is 16.1. The summed E-state index contributed by atoms with van der Waals surface area (Å²) in [6.45, 7) is 0.753. The van der Waals surface area contributed by atoms with Gasteiger partial charge < -0.3 is 10.6 Å². The molecule has 0 bridgehead atoms. The molecule has 5 heteroatoms. The summed E-state index contributed by atoms with van der Waals surface area (Å²) in [6.07, 6.45) is 4.77. The molecule has 94 valence electrons. The molecule has 1 aliphatic carbocycles. The van der Waals surface area contributed by atoms with E-state index in [2.05, 4.69) is 20.8 Å². The van der Waals surface area contributed by atoms with Crippen LogP contribution >= 0.6 is 0 Å². The van der Waals surface area contributed by atoms with Gasteiger partial charge in [0.1, 0.15) is 0 Å². The molecule has 0 atom stereocenters. The number of benzene rings is 1. The van der Waals surface area contributed by atoms with Crippen molar-refractivity contribution >= 4 is 22.5 Å². The number of aromatic amines is 1. The van der Waals surface area contributed by atoms with Crippen LogP contribution in [0.2, 0.25) is 0 Å². The number of nitrogens with one attached hydrogen (secondary N) is 3. The summed E-state index contributed by atoms with van der Waals surface area (Å²) in [4.78, 5) is 11.7. The molecule has 3 N–H and O–H groups in total. The molecule has 0 aliphatic heterocycles. The highest BCUT2D eigenvalue weighted by Gasteiger charge is 2.20. The normalized spacial score (nSPS) is 14.9. The van der Waals surface area contributed by atoms with E-state index in [1.54, 1.807) is 6.20 Å². The quantitative estimate of drug-likeness (QED) is 0.749. The predicted molar refractivity (Wildman–Crippen MR) is 70.4 cm³/mol. The molecule has 0 unspecified atom stereocenters. The van der Waals surface area contributed by atoms with Gasteiger partial charge in [-0.2, -0.15) is 5.10 Å². The van der Waals surface area contributed by atoms with E-state index in [1.165, 1.54) is 12.8 Å².